The van der Waals surface area contributed by atoms with E-state index in [9.17, 15) is 0 Å². The highest BCUT2D eigenvalue weighted by atomic mass is 16.5. The molecule has 1 fully saturated rings. The predicted octanol–water partition coefficient (Wildman–Crippen LogP) is 0.514. The van der Waals surface area contributed by atoms with Gasteiger partial charge in [0.15, 0.2) is 0 Å². The van der Waals surface area contributed by atoms with Gasteiger partial charge in [0.2, 0.25) is 0 Å². The van der Waals surface area contributed by atoms with Crippen molar-refractivity contribution >= 4 is 0 Å². The zero-order valence-electron chi connectivity index (χ0n) is 5.31. The first-order valence-corrected chi connectivity index (χ1v) is 3.11. The van der Waals surface area contributed by atoms with Gasteiger partial charge in [0.05, 0.1) is 12.2 Å². The second-order valence-electron chi connectivity index (χ2n) is 2.59. The van der Waals surface area contributed by atoms with Crippen LogP contribution in [0.25, 0.3) is 0 Å². The maximum absolute atomic E-state index is 5.34. The Kier molecular flexibility index (Phi) is 1.54. The quantitative estimate of drug-likeness (QED) is 0.569. The van der Waals surface area contributed by atoms with Crippen LogP contribution in [-0.2, 0) is 4.74 Å². The lowest BCUT2D eigenvalue weighted by atomic mass is 9.94. The van der Waals surface area contributed by atoms with Gasteiger partial charge in [0.25, 0.3) is 0 Å². The molecule has 2 N–H and O–H groups in total. The molecule has 0 aromatic heterocycles. The lowest BCUT2D eigenvalue weighted by Crippen LogP contribution is -2.42. The number of nitrogens with two attached hydrogens (primary N) is 1. The summed E-state index contributed by atoms with van der Waals surface area (Å²) in [6.07, 6.45) is 2.19. The summed E-state index contributed by atoms with van der Waals surface area (Å²) in [5.41, 5.74) is 5.49. The minimum atomic E-state index is 0.148. The molecule has 2 nitrogen and oxygen atoms in total. The fourth-order valence-corrected chi connectivity index (χ4v) is 0.953. The molecule has 48 valence electrons. The van der Waals surface area contributed by atoms with Gasteiger partial charge < -0.3 is 10.5 Å². The first-order chi connectivity index (χ1) is 3.77. The maximum Gasteiger partial charge on any atom is 0.0688 e. The van der Waals surface area contributed by atoms with Gasteiger partial charge >= 0.3 is 0 Å². The molecule has 0 spiro atoms. The van der Waals surface area contributed by atoms with Crippen LogP contribution in [-0.4, -0.2) is 18.8 Å². The number of rotatable bonds is 2. The molecule has 0 bridgehead atoms. The van der Waals surface area contributed by atoms with E-state index in [0.29, 0.717) is 0 Å². The van der Waals surface area contributed by atoms with E-state index in [1.807, 2.05) is 0 Å². The van der Waals surface area contributed by atoms with Gasteiger partial charge in [-0.25, -0.2) is 0 Å². The topological polar surface area (TPSA) is 35.2 Å². The number of hydrogen-bond acceptors (Lipinski definition) is 2. The van der Waals surface area contributed by atoms with E-state index in [0.717, 1.165) is 19.6 Å². The minimum Gasteiger partial charge on any atom is -0.375 e. The molecular formula is C6H13NO. The van der Waals surface area contributed by atoms with Crippen LogP contribution in [0.1, 0.15) is 19.8 Å². The maximum atomic E-state index is 5.34. The molecule has 1 saturated heterocycles. The van der Waals surface area contributed by atoms with E-state index in [4.69, 9.17) is 10.5 Å². The second kappa shape index (κ2) is 2.03. The zero-order valence-corrected chi connectivity index (χ0v) is 5.31. The largest absolute Gasteiger partial charge is 0.375 e. The Hall–Kier alpha value is -0.0800. The Bertz CT molecular complexity index is 78.6. The average Bonchev–Trinajstić information content (AvgIpc) is 1.64. The summed E-state index contributed by atoms with van der Waals surface area (Å²) in [6.45, 7) is 3.79. The molecule has 0 aromatic carbocycles. The van der Waals surface area contributed by atoms with E-state index in [1.165, 1.54) is 6.42 Å². The van der Waals surface area contributed by atoms with Crippen molar-refractivity contribution in [2.24, 2.45) is 5.73 Å². The molecular weight excluding hydrogens is 102 g/mol. The molecule has 0 aliphatic carbocycles. The average molecular weight is 115 g/mol. The van der Waals surface area contributed by atoms with Crippen molar-refractivity contribution in [3.8, 4) is 0 Å². The van der Waals surface area contributed by atoms with Gasteiger partial charge in [0, 0.05) is 0 Å². The zero-order chi connectivity index (χ0) is 6.04. The standard InChI is InChI=1S/C6H13NO/c1-6(2-4-7)3-5-8-6/h2-5,7H2,1H3. The van der Waals surface area contributed by atoms with E-state index in [2.05, 4.69) is 6.92 Å². The van der Waals surface area contributed by atoms with Gasteiger partial charge in [0.1, 0.15) is 0 Å². The van der Waals surface area contributed by atoms with Crippen molar-refractivity contribution in [3.63, 3.8) is 0 Å². The molecule has 0 aromatic rings. The molecule has 1 aliphatic heterocycles. The molecule has 1 aliphatic rings. The third kappa shape index (κ3) is 1.01. The molecule has 1 atom stereocenters. The first-order valence-electron chi connectivity index (χ1n) is 3.11. The lowest BCUT2D eigenvalue weighted by Gasteiger charge is -2.38. The summed E-state index contributed by atoms with van der Waals surface area (Å²) in [5, 5.41) is 0. The monoisotopic (exact) mass is 115 g/mol. The highest BCUT2D eigenvalue weighted by molar-refractivity contribution is 4.82. The molecule has 0 amide bonds. The summed E-state index contributed by atoms with van der Waals surface area (Å²) in [4.78, 5) is 0. The van der Waals surface area contributed by atoms with Crippen LogP contribution in [0.2, 0.25) is 0 Å². The van der Waals surface area contributed by atoms with E-state index in [1.54, 1.807) is 0 Å². The van der Waals surface area contributed by atoms with E-state index < -0.39 is 0 Å². The summed E-state index contributed by atoms with van der Waals surface area (Å²) in [6, 6.07) is 0. The van der Waals surface area contributed by atoms with Crippen LogP contribution in [0.4, 0.5) is 0 Å². The molecule has 1 rings (SSSR count). The highest BCUT2D eigenvalue weighted by Crippen LogP contribution is 2.28. The van der Waals surface area contributed by atoms with E-state index in [-0.39, 0.29) is 5.60 Å². The van der Waals surface area contributed by atoms with Gasteiger partial charge in [-0.15, -0.1) is 0 Å². The molecule has 1 unspecified atom stereocenters. The van der Waals surface area contributed by atoms with Crippen LogP contribution < -0.4 is 5.73 Å². The Morgan fingerprint density at radius 1 is 1.75 bits per heavy atom. The fourth-order valence-electron chi connectivity index (χ4n) is 0.953. The summed E-state index contributed by atoms with van der Waals surface area (Å²) < 4.78 is 5.28. The van der Waals surface area contributed by atoms with Crippen molar-refractivity contribution in [1.29, 1.82) is 0 Å². The Labute approximate surface area is 50.0 Å². The second-order valence-corrected chi connectivity index (χ2v) is 2.59. The Balaban J connectivity index is 2.20. The summed E-state index contributed by atoms with van der Waals surface area (Å²) >= 11 is 0. The van der Waals surface area contributed by atoms with Crippen LogP contribution in [0, 0.1) is 0 Å². The molecule has 1 heterocycles. The van der Waals surface area contributed by atoms with Crippen LogP contribution in [0.5, 0.6) is 0 Å². The van der Waals surface area contributed by atoms with Crippen molar-refractivity contribution in [3.05, 3.63) is 0 Å². The van der Waals surface area contributed by atoms with Crippen molar-refractivity contribution in [2.75, 3.05) is 13.2 Å². The van der Waals surface area contributed by atoms with E-state index >= 15 is 0 Å². The van der Waals surface area contributed by atoms with Gasteiger partial charge in [-0.05, 0) is 26.3 Å². The van der Waals surface area contributed by atoms with Crippen LogP contribution in [0.3, 0.4) is 0 Å². The van der Waals surface area contributed by atoms with Crippen molar-refractivity contribution in [1.82, 2.24) is 0 Å². The van der Waals surface area contributed by atoms with Crippen molar-refractivity contribution in [2.45, 2.75) is 25.4 Å². The van der Waals surface area contributed by atoms with Crippen molar-refractivity contribution < 1.29 is 4.74 Å². The number of ether oxygens (including phenoxy) is 1. The molecule has 0 saturated carbocycles. The first kappa shape index (κ1) is 6.05. The van der Waals surface area contributed by atoms with Gasteiger partial charge in [-0.1, -0.05) is 0 Å². The summed E-state index contributed by atoms with van der Waals surface area (Å²) in [7, 11) is 0. The Morgan fingerprint density at radius 3 is 2.50 bits per heavy atom. The third-order valence-electron chi connectivity index (χ3n) is 1.75. The van der Waals surface area contributed by atoms with Gasteiger partial charge in [-0.3, -0.25) is 0 Å². The van der Waals surface area contributed by atoms with Crippen LogP contribution >= 0.6 is 0 Å². The minimum absolute atomic E-state index is 0.148. The third-order valence-corrected chi connectivity index (χ3v) is 1.75. The molecule has 2 heteroatoms. The Morgan fingerprint density at radius 2 is 2.38 bits per heavy atom. The smallest absolute Gasteiger partial charge is 0.0688 e. The van der Waals surface area contributed by atoms with Gasteiger partial charge in [-0.2, -0.15) is 0 Å². The van der Waals surface area contributed by atoms with Crippen LogP contribution in [0.15, 0.2) is 0 Å². The highest BCUT2D eigenvalue weighted by Gasteiger charge is 2.31. The molecule has 8 heavy (non-hydrogen) atoms. The molecule has 0 radical (unpaired) electrons. The predicted molar refractivity (Wildman–Crippen MR) is 32.6 cm³/mol. The summed E-state index contributed by atoms with van der Waals surface area (Å²) in [5.74, 6) is 0. The fraction of sp³-hybridized carbons (Fsp3) is 1.00. The SMILES string of the molecule is CC1(CCN)CCO1. The normalized spacial score (nSPS) is 36.8. The lowest BCUT2D eigenvalue weighted by molar-refractivity contribution is -0.136. The number of hydrogen-bond donors (Lipinski definition) is 1.